The van der Waals surface area contributed by atoms with Gasteiger partial charge >= 0.3 is 0 Å². The van der Waals surface area contributed by atoms with E-state index < -0.39 is 0 Å². The summed E-state index contributed by atoms with van der Waals surface area (Å²) in [5, 5.41) is 0. The van der Waals surface area contributed by atoms with Crippen LogP contribution in [0.1, 0.15) is 0 Å². The van der Waals surface area contributed by atoms with Gasteiger partial charge in [0.05, 0.1) is 0 Å². The molecule has 0 atom stereocenters. The third kappa shape index (κ3) is 1.25. The van der Waals surface area contributed by atoms with Crippen LogP contribution in [-0.2, 0) is 0 Å². The molecule has 0 spiro atoms. The highest BCUT2D eigenvalue weighted by molar-refractivity contribution is 5.16. The number of hydrogen-bond donors (Lipinski definition) is 0. The summed E-state index contributed by atoms with van der Waals surface area (Å²) >= 11 is 0. The fourth-order valence-corrected chi connectivity index (χ4v) is 0.368. The molecule has 0 saturated carbocycles. The van der Waals surface area contributed by atoms with E-state index in [1.165, 1.54) is 0 Å². The van der Waals surface area contributed by atoms with Crippen molar-refractivity contribution in [2.75, 3.05) is 0 Å². The maximum atomic E-state index is 2.80. The monoisotopic (exact) mass is 89.0 g/mol. The van der Waals surface area contributed by atoms with Crippen molar-refractivity contribution in [1.82, 2.24) is 0 Å². The molecule has 1 rings (SSSR count). The molecule has 0 aromatic carbocycles. The first-order chi connectivity index (χ1) is 3.50. The van der Waals surface area contributed by atoms with Crippen LogP contribution in [0, 0.1) is 6.08 Å². The molecule has 0 aromatic rings. The van der Waals surface area contributed by atoms with E-state index in [9.17, 15) is 0 Å². The minimum Gasteiger partial charge on any atom is -0.112 e. The van der Waals surface area contributed by atoms with Crippen LogP contribution in [0.3, 0.4) is 0 Å². The molecule has 1 aliphatic rings. The van der Waals surface area contributed by atoms with E-state index in [-0.39, 0.29) is 0 Å². The van der Waals surface area contributed by atoms with E-state index in [0.717, 1.165) is 0 Å². The molecule has 0 aromatic heterocycles. The summed E-state index contributed by atoms with van der Waals surface area (Å²) in [6.45, 7) is 0. The van der Waals surface area contributed by atoms with E-state index >= 15 is 0 Å². The molecule has 0 saturated heterocycles. The quantitative estimate of drug-likeness (QED) is 0.396. The topological polar surface area (TPSA) is 0 Å². The SMILES string of the molecule is [C]1=C=CC=CC=C1. The van der Waals surface area contributed by atoms with Crippen LogP contribution in [0.15, 0.2) is 36.1 Å². The van der Waals surface area contributed by atoms with E-state index in [1.54, 1.807) is 0 Å². The summed E-state index contributed by atoms with van der Waals surface area (Å²) in [7, 11) is 0. The van der Waals surface area contributed by atoms with Crippen molar-refractivity contribution in [1.29, 1.82) is 0 Å². The molecular weight excluding hydrogens is 84.1 g/mol. The predicted molar refractivity (Wildman–Crippen MR) is 29.6 cm³/mol. The van der Waals surface area contributed by atoms with Gasteiger partial charge in [-0.05, 0) is 12.2 Å². The third-order valence-electron chi connectivity index (χ3n) is 0.665. The molecule has 0 heteroatoms. The van der Waals surface area contributed by atoms with Gasteiger partial charge in [-0.1, -0.05) is 18.2 Å². The minimum absolute atomic E-state index is 1.82. The van der Waals surface area contributed by atoms with Gasteiger partial charge < -0.3 is 0 Å². The third-order valence-corrected chi connectivity index (χ3v) is 0.665. The Balaban J connectivity index is 2.86. The zero-order valence-electron chi connectivity index (χ0n) is 3.89. The molecule has 7 heavy (non-hydrogen) atoms. The van der Waals surface area contributed by atoms with E-state index in [0.29, 0.717) is 0 Å². The highest BCUT2D eigenvalue weighted by Crippen LogP contribution is 1.82. The van der Waals surface area contributed by atoms with Crippen molar-refractivity contribution in [2.45, 2.75) is 0 Å². The lowest BCUT2D eigenvalue weighted by Crippen LogP contribution is -1.40. The van der Waals surface area contributed by atoms with Crippen LogP contribution < -0.4 is 0 Å². The Kier molecular flexibility index (Phi) is 1.32. The Morgan fingerprint density at radius 1 is 1.00 bits per heavy atom. The fraction of sp³-hybridized carbons (Fsp3) is 0. The molecule has 0 unspecified atom stereocenters. The Morgan fingerprint density at radius 2 is 2.00 bits per heavy atom. The molecule has 1 radical (unpaired) electrons. The van der Waals surface area contributed by atoms with Gasteiger partial charge in [-0.2, -0.15) is 0 Å². The van der Waals surface area contributed by atoms with Crippen LogP contribution in [-0.4, -0.2) is 0 Å². The van der Waals surface area contributed by atoms with Crippen LogP contribution in [0.25, 0.3) is 0 Å². The lowest BCUT2D eigenvalue weighted by molar-refractivity contribution is 1.92. The van der Waals surface area contributed by atoms with Crippen molar-refractivity contribution in [3.63, 3.8) is 0 Å². The first-order valence-electron chi connectivity index (χ1n) is 2.16. The summed E-state index contributed by atoms with van der Waals surface area (Å²) in [6.07, 6.45) is 12.2. The Labute approximate surface area is 43.2 Å². The molecule has 1 aliphatic carbocycles. The first kappa shape index (κ1) is 4.17. The zero-order valence-corrected chi connectivity index (χ0v) is 3.89. The highest BCUT2D eigenvalue weighted by Gasteiger charge is 1.63. The van der Waals surface area contributed by atoms with Gasteiger partial charge in [0.1, 0.15) is 0 Å². The molecule has 0 N–H and O–H groups in total. The van der Waals surface area contributed by atoms with Crippen molar-refractivity contribution < 1.29 is 0 Å². The molecule has 0 aliphatic heterocycles. The van der Waals surface area contributed by atoms with Gasteiger partial charge in [0, 0.05) is 6.08 Å². The summed E-state index contributed by atoms with van der Waals surface area (Å²) in [4.78, 5) is 0. The Bertz CT molecular complexity index is 137. The number of allylic oxidation sites excluding steroid dienone is 5. The first-order valence-corrected chi connectivity index (χ1v) is 2.16. The largest absolute Gasteiger partial charge is 0.112 e. The van der Waals surface area contributed by atoms with E-state index in [2.05, 4.69) is 11.8 Å². The molecule has 0 fully saturated rings. The average molecular weight is 89.1 g/mol. The Morgan fingerprint density at radius 3 is 3.00 bits per heavy atom. The van der Waals surface area contributed by atoms with Crippen LogP contribution in [0.2, 0.25) is 0 Å². The van der Waals surface area contributed by atoms with E-state index in [4.69, 9.17) is 0 Å². The van der Waals surface area contributed by atoms with Crippen LogP contribution in [0.5, 0.6) is 0 Å². The van der Waals surface area contributed by atoms with Crippen LogP contribution >= 0.6 is 0 Å². The van der Waals surface area contributed by atoms with Gasteiger partial charge in [-0.15, -0.1) is 5.73 Å². The highest BCUT2D eigenvalue weighted by atomic mass is 13.7. The molecule has 0 bridgehead atoms. The summed E-state index contributed by atoms with van der Waals surface area (Å²) in [6, 6.07) is 0. The molecule has 0 nitrogen and oxygen atoms in total. The van der Waals surface area contributed by atoms with Gasteiger partial charge in [-0.3, -0.25) is 0 Å². The maximum Gasteiger partial charge on any atom is 0.0314 e. The van der Waals surface area contributed by atoms with Gasteiger partial charge in [-0.25, -0.2) is 0 Å². The normalized spacial score (nSPS) is 14.9. The van der Waals surface area contributed by atoms with Crippen molar-refractivity contribution in [3.8, 4) is 0 Å². The van der Waals surface area contributed by atoms with Crippen molar-refractivity contribution in [3.05, 3.63) is 42.2 Å². The lowest BCUT2D eigenvalue weighted by atomic mass is 10.5. The second-order valence-corrected chi connectivity index (χ2v) is 1.20. The smallest absolute Gasteiger partial charge is 0.0314 e. The minimum atomic E-state index is 1.82. The second-order valence-electron chi connectivity index (χ2n) is 1.20. The standard InChI is InChI=1S/C7H5/c1-2-4-6-7-5-3-1/h1-5H. The van der Waals surface area contributed by atoms with E-state index in [1.807, 2.05) is 30.4 Å². The predicted octanol–water partition coefficient (Wildman–Crippen LogP) is 1.63. The van der Waals surface area contributed by atoms with Crippen molar-refractivity contribution in [2.24, 2.45) is 0 Å². The Hall–Kier alpha value is -1.00. The average Bonchev–Trinajstić information content (AvgIpc) is 1.90. The summed E-state index contributed by atoms with van der Waals surface area (Å²) in [5.41, 5.74) is 2.80. The fourth-order valence-electron chi connectivity index (χ4n) is 0.368. The van der Waals surface area contributed by atoms with Crippen molar-refractivity contribution >= 4 is 0 Å². The maximum absolute atomic E-state index is 2.80. The van der Waals surface area contributed by atoms with Gasteiger partial charge in [0.15, 0.2) is 0 Å². The molecular formula is C7H5. The second kappa shape index (κ2) is 2.22. The van der Waals surface area contributed by atoms with Gasteiger partial charge in [0.25, 0.3) is 0 Å². The van der Waals surface area contributed by atoms with Crippen LogP contribution in [0.4, 0.5) is 0 Å². The van der Waals surface area contributed by atoms with Gasteiger partial charge in [0.2, 0.25) is 0 Å². The molecule has 33 valence electrons. The summed E-state index contributed by atoms with van der Waals surface area (Å²) in [5.74, 6) is 0. The number of hydrogen-bond acceptors (Lipinski definition) is 0. The summed E-state index contributed by atoms with van der Waals surface area (Å²) < 4.78 is 0. The number of rotatable bonds is 0. The molecule has 0 heterocycles. The molecule has 0 amide bonds. The zero-order chi connectivity index (χ0) is 4.95. The lowest BCUT2D eigenvalue weighted by Gasteiger charge is -1.60.